The number of aromatic hydroxyl groups is 2. The summed E-state index contributed by atoms with van der Waals surface area (Å²) in [5.41, 5.74) is 6.34. The number of ketones is 1. The lowest BCUT2D eigenvalue weighted by molar-refractivity contribution is 0.0837. The molecule has 270 valence electrons. The minimum absolute atomic E-state index is 0.0522. The zero-order valence-corrected chi connectivity index (χ0v) is 29.6. The number of phenolic OH excluding ortho intramolecular Hbond substituents is 2. The van der Waals surface area contributed by atoms with Crippen LogP contribution in [-0.4, -0.2) is 72.6 Å². The van der Waals surface area contributed by atoms with E-state index < -0.39 is 6.10 Å². The molecular weight excluding hydrogens is 646 g/mol. The number of aromatic nitrogens is 1. The van der Waals surface area contributed by atoms with E-state index in [9.17, 15) is 20.1 Å². The number of Topliss-reactive ketones (excluding diaryl/α,β-unsaturated/α-hetero) is 1. The number of aryl methyl sites for hydroxylation is 1. The molecule has 1 atom stereocenters. The van der Waals surface area contributed by atoms with Crippen LogP contribution in [0.3, 0.4) is 0 Å². The summed E-state index contributed by atoms with van der Waals surface area (Å²) in [7, 11) is 1.44. The molecule has 10 nitrogen and oxygen atoms in total. The topological polar surface area (TPSA) is 137 Å². The SMILES string of the molecule is COc1c(O)c(CCc2cccc(-c3cc(C4(C)CCCC4)[nH]c3N3CCNCC3)c2)c2c(c1OCCCO)C(=O)CC(c1ccc(O)cc1)O2. The number of nitrogens with one attached hydrogen (secondary N) is 2. The molecule has 7 rings (SSSR count). The summed E-state index contributed by atoms with van der Waals surface area (Å²) in [6, 6.07) is 17.6. The third kappa shape index (κ3) is 6.99. The maximum absolute atomic E-state index is 13.9. The summed E-state index contributed by atoms with van der Waals surface area (Å²) in [5, 5.41) is 34.4. The van der Waals surface area contributed by atoms with E-state index in [-0.39, 0.29) is 65.1 Å². The molecule has 2 aliphatic heterocycles. The Hall–Kier alpha value is -4.67. The molecule has 1 aliphatic carbocycles. The molecule has 10 heteroatoms. The van der Waals surface area contributed by atoms with Crippen LogP contribution in [0.15, 0.2) is 54.6 Å². The molecule has 4 aromatic rings. The number of aliphatic hydroxyl groups is 1. The number of benzene rings is 3. The average Bonchev–Trinajstić information content (AvgIpc) is 3.80. The van der Waals surface area contributed by atoms with Gasteiger partial charge in [0, 0.05) is 61.4 Å². The number of aromatic amines is 1. The molecule has 3 heterocycles. The number of ether oxygens (including phenoxy) is 3. The van der Waals surface area contributed by atoms with Crippen molar-refractivity contribution in [2.45, 2.75) is 69.8 Å². The second kappa shape index (κ2) is 14.9. The molecule has 1 unspecified atom stereocenters. The molecular formula is C41H49N3O7. The summed E-state index contributed by atoms with van der Waals surface area (Å²) in [6.07, 6.45) is 5.62. The van der Waals surface area contributed by atoms with Gasteiger partial charge in [0.15, 0.2) is 17.3 Å². The first kappa shape index (κ1) is 34.8. The van der Waals surface area contributed by atoms with Gasteiger partial charge in [0.05, 0.1) is 20.1 Å². The number of carbonyl (C=O) groups excluding carboxylic acids is 1. The summed E-state index contributed by atoms with van der Waals surface area (Å²) in [6.45, 7) is 6.23. The third-order valence-electron chi connectivity index (χ3n) is 10.9. The van der Waals surface area contributed by atoms with Crippen LogP contribution in [0.4, 0.5) is 5.82 Å². The molecule has 0 spiro atoms. The molecule has 51 heavy (non-hydrogen) atoms. The lowest BCUT2D eigenvalue weighted by Crippen LogP contribution is -2.43. The lowest BCUT2D eigenvalue weighted by atomic mass is 9.85. The molecule has 3 aliphatic rings. The largest absolute Gasteiger partial charge is 0.508 e. The number of nitrogens with zero attached hydrogens (tertiary/aromatic N) is 1. The summed E-state index contributed by atoms with van der Waals surface area (Å²) >= 11 is 0. The summed E-state index contributed by atoms with van der Waals surface area (Å²) in [4.78, 5) is 20.2. The van der Waals surface area contributed by atoms with Crippen LogP contribution in [0.2, 0.25) is 0 Å². The molecule has 0 bridgehead atoms. The Morgan fingerprint density at radius 2 is 1.76 bits per heavy atom. The summed E-state index contributed by atoms with van der Waals surface area (Å²) in [5.74, 6) is 1.45. The van der Waals surface area contributed by atoms with Crippen LogP contribution < -0.4 is 24.4 Å². The van der Waals surface area contributed by atoms with Crippen molar-refractivity contribution in [1.29, 1.82) is 0 Å². The van der Waals surface area contributed by atoms with Gasteiger partial charge in [-0.1, -0.05) is 56.2 Å². The molecule has 5 N–H and O–H groups in total. The lowest BCUT2D eigenvalue weighted by Gasteiger charge is -2.30. The Morgan fingerprint density at radius 1 is 1.00 bits per heavy atom. The Balaban J connectivity index is 1.23. The van der Waals surface area contributed by atoms with Crippen molar-refractivity contribution in [3.63, 3.8) is 0 Å². The highest BCUT2D eigenvalue weighted by Crippen LogP contribution is 2.53. The number of hydrogen-bond donors (Lipinski definition) is 5. The van der Waals surface area contributed by atoms with Crippen LogP contribution in [0.5, 0.6) is 28.7 Å². The van der Waals surface area contributed by atoms with Crippen molar-refractivity contribution < 1.29 is 34.3 Å². The Bertz CT molecular complexity index is 1860. The van der Waals surface area contributed by atoms with Crippen molar-refractivity contribution >= 4 is 11.6 Å². The highest BCUT2D eigenvalue weighted by Gasteiger charge is 2.38. The fourth-order valence-electron chi connectivity index (χ4n) is 7.95. The Kier molecular flexibility index (Phi) is 10.2. The number of piperazine rings is 1. The molecule has 1 saturated heterocycles. The highest BCUT2D eigenvalue weighted by molar-refractivity contribution is 6.04. The first-order valence-electron chi connectivity index (χ1n) is 18.3. The van der Waals surface area contributed by atoms with E-state index in [1.165, 1.54) is 49.9 Å². The number of methoxy groups -OCH3 is 1. The first-order valence-corrected chi connectivity index (χ1v) is 18.3. The van der Waals surface area contributed by atoms with E-state index in [1.807, 2.05) is 0 Å². The molecule has 1 saturated carbocycles. The fraction of sp³-hybridized carbons (Fsp3) is 0.439. The second-order valence-corrected chi connectivity index (χ2v) is 14.3. The second-order valence-electron chi connectivity index (χ2n) is 14.3. The number of H-pyrrole nitrogens is 1. The number of aliphatic hydroxyl groups excluding tert-OH is 1. The summed E-state index contributed by atoms with van der Waals surface area (Å²) < 4.78 is 18.2. The van der Waals surface area contributed by atoms with E-state index in [0.29, 0.717) is 24.8 Å². The van der Waals surface area contributed by atoms with Crippen molar-refractivity contribution in [2.75, 3.05) is 51.4 Å². The molecule has 0 radical (unpaired) electrons. The highest BCUT2D eigenvalue weighted by atomic mass is 16.5. The maximum atomic E-state index is 13.9. The van der Waals surface area contributed by atoms with Gasteiger partial charge in [-0.25, -0.2) is 0 Å². The van der Waals surface area contributed by atoms with Crippen molar-refractivity contribution in [1.82, 2.24) is 10.3 Å². The van der Waals surface area contributed by atoms with Gasteiger partial charge in [-0.15, -0.1) is 0 Å². The number of fused-ring (bicyclic) bond motifs is 1. The monoisotopic (exact) mass is 695 g/mol. The Morgan fingerprint density at radius 3 is 2.49 bits per heavy atom. The van der Waals surface area contributed by atoms with Gasteiger partial charge in [-0.2, -0.15) is 0 Å². The zero-order valence-electron chi connectivity index (χ0n) is 29.6. The van der Waals surface area contributed by atoms with E-state index in [2.05, 4.69) is 52.5 Å². The van der Waals surface area contributed by atoms with Crippen molar-refractivity contribution in [3.05, 3.63) is 82.5 Å². The van der Waals surface area contributed by atoms with E-state index in [4.69, 9.17) is 14.2 Å². The van der Waals surface area contributed by atoms with Gasteiger partial charge in [-0.05, 0) is 60.6 Å². The molecule has 0 amide bonds. The van der Waals surface area contributed by atoms with Gasteiger partial charge < -0.3 is 44.7 Å². The first-order chi connectivity index (χ1) is 24.8. The standard InChI is InChI=1S/C41H49N3O7/c1-41(15-3-4-16-41)34-24-31(40(43-34)44-19-17-42-18-20-44)28-8-5-7-26(23-28)9-14-30-36(48)39(49-2)38(50-22-6-21-45)35-32(47)25-33(51-37(30)35)27-10-12-29(46)13-11-27/h5,7-8,10-13,23-24,33,42-43,45-46,48H,3-4,6,9,14-22,25H2,1-2H3. The zero-order chi connectivity index (χ0) is 35.5. The van der Waals surface area contributed by atoms with Gasteiger partial charge in [0.25, 0.3) is 0 Å². The minimum atomic E-state index is -0.612. The van der Waals surface area contributed by atoms with Gasteiger partial charge in [-0.3, -0.25) is 4.79 Å². The smallest absolute Gasteiger partial charge is 0.204 e. The van der Waals surface area contributed by atoms with Crippen molar-refractivity contribution in [2.24, 2.45) is 0 Å². The third-order valence-corrected chi connectivity index (χ3v) is 10.9. The van der Waals surface area contributed by atoms with Gasteiger partial charge in [0.2, 0.25) is 5.75 Å². The van der Waals surface area contributed by atoms with Crippen LogP contribution in [0, 0.1) is 0 Å². The van der Waals surface area contributed by atoms with Crippen LogP contribution in [-0.2, 0) is 18.3 Å². The van der Waals surface area contributed by atoms with Crippen LogP contribution >= 0.6 is 0 Å². The molecule has 3 aromatic carbocycles. The average molecular weight is 696 g/mol. The van der Waals surface area contributed by atoms with Crippen LogP contribution in [0.1, 0.15) is 84.3 Å². The van der Waals surface area contributed by atoms with Gasteiger partial charge in [0.1, 0.15) is 29.0 Å². The number of phenols is 2. The molecule has 2 fully saturated rings. The quantitative estimate of drug-likeness (QED) is 0.104. The minimum Gasteiger partial charge on any atom is -0.508 e. The van der Waals surface area contributed by atoms with Crippen LogP contribution in [0.25, 0.3) is 11.1 Å². The number of rotatable bonds is 12. The van der Waals surface area contributed by atoms with E-state index >= 15 is 0 Å². The number of carbonyl (C=O) groups is 1. The van der Waals surface area contributed by atoms with E-state index in [1.54, 1.807) is 24.3 Å². The predicted octanol–water partition coefficient (Wildman–Crippen LogP) is 6.60. The number of anilines is 1. The van der Waals surface area contributed by atoms with Crippen molar-refractivity contribution in [3.8, 4) is 39.9 Å². The van der Waals surface area contributed by atoms with Gasteiger partial charge >= 0.3 is 0 Å². The predicted molar refractivity (Wildman–Crippen MR) is 197 cm³/mol. The normalized spacial score (nSPS) is 18.4. The number of hydrogen-bond acceptors (Lipinski definition) is 9. The Labute approximate surface area is 299 Å². The fourth-order valence-corrected chi connectivity index (χ4v) is 7.95. The molecule has 1 aromatic heterocycles. The van der Waals surface area contributed by atoms with E-state index in [0.717, 1.165) is 42.9 Å². The maximum Gasteiger partial charge on any atom is 0.204 e.